The molecule has 0 amide bonds. The molecule has 0 aromatic heterocycles. The summed E-state index contributed by atoms with van der Waals surface area (Å²) in [4.78, 5) is 10.6. The van der Waals surface area contributed by atoms with Crippen molar-refractivity contribution in [3.05, 3.63) is 29.3 Å². The average molecular weight is 229 g/mol. The number of hydrogen-bond donors (Lipinski definition) is 1. The van der Waals surface area contributed by atoms with E-state index in [4.69, 9.17) is 21.4 Å². The number of carbonyl (C=O) groups is 1. The van der Waals surface area contributed by atoms with Crippen LogP contribution in [-0.4, -0.2) is 16.7 Å². The number of benzene rings is 1. The first-order valence-corrected chi connectivity index (χ1v) is 4.94. The van der Waals surface area contributed by atoms with Crippen LogP contribution < -0.4 is 4.74 Å². The SMILES string of the molecule is CC(C)(CC(=O)O)Oc1ccccc1Cl. The Labute approximate surface area is 93.6 Å². The third kappa shape index (κ3) is 3.80. The second-order valence-electron chi connectivity index (χ2n) is 3.86. The maximum Gasteiger partial charge on any atom is 0.307 e. The molecule has 0 radical (unpaired) electrons. The molecule has 0 saturated carbocycles. The zero-order valence-corrected chi connectivity index (χ0v) is 9.41. The van der Waals surface area contributed by atoms with Crippen molar-refractivity contribution in [2.45, 2.75) is 25.9 Å². The van der Waals surface area contributed by atoms with Crippen molar-refractivity contribution < 1.29 is 14.6 Å². The van der Waals surface area contributed by atoms with Crippen molar-refractivity contribution in [1.29, 1.82) is 0 Å². The monoisotopic (exact) mass is 228 g/mol. The Morgan fingerprint density at radius 1 is 1.47 bits per heavy atom. The van der Waals surface area contributed by atoms with E-state index in [1.807, 2.05) is 0 Å². The molecule has 0 bridgehead atoms. The number of ether oxygens (including phenoxy) is 1. The van der Waals surface area contributed by atoms with Gasteiger partial charge in [-0.3, -0.25) is 4.79 Å². The molecule has 0 fully saturated rings. The molecule has 4 heteroatoms. The van der Waals surface area contributed by atoms with E-state index < -0.39 is 11.6 Å². The fourth-order valence-corrected chi connectivity index (χ4v) is 1.40. The third-order valence-electron chi connectivity index (χ3n) is 1.80. The van der Waals surface area contributed by atoms with Gasteiger partial charge in [0.2, 0.25) is 0 Å². The molecular formula is C11H13ClO3. The molecule has 0 aliphatic heterocycles. The number of para-hydroxylation sites is 1. The minimum Gasteiger partial charge on any atom is -0.486 e. The van der Waals surface area contributed by atoms with Gasteiger partial charge in [0, 0.05) is 0 Å². The summed E-state index contributed by atoms with van der Waals surface area (Å²) in [7, 11) is 0. The lowest BCUT2D eigenvalue weighted by molar-refractivity contribution is -0.140. The molecule has 1 aromatic carbocycles. The molecule has 82 valence electrons. The highest BCUT2D eigenvalue weighted by Crippen LogP contribution is 2.28. The van der Waals surface area contributed by atoms with Crippen LogP contribution in [0.1, 0.15) is 20.3 Å². The summed E-state index contributed by atoms with van der Waals surface area (Å²) >= 11 is 5.89. The molecule has 1 N–H and O–H groups in total. The van der Waals surface area contributed by atoms with Crippen molar-refractivity contribution >= 4 is 17.6 Å². The first kappa shape index (κ1) is 11.9. The summed E-state index contributed by atoms with van der Waals surface area (Å²) in [6.45, 7) is 3.43. The van der Waals surface area contributed by atoms with E-state index >= 15 is 0 Å². The topological polar surface area (TPSA) is 46.5 Å². The Kier molecular flexibility index (Phi) is 3.58. The zero-order chi connectivity index (χ0) is 11.5. The van der Waals surface area contributed by atoms with Crippen LogP contribution in [0.4, 0.5) is 0 Å². The predicted octanol–water partition coefficient (Wildman–Crippen LogP) is 2.97. The maximum absolute atomic E-state index is 10.6. The van der Waals surface area contributed by atoms with Crippen LogP contribution in [0, 0.1) is 0 Å². The fraction of sp³-hybridized carbons (Fsp3) is 0.364. The molecule has 15 heavy (non-hydrogen) atoms. The van der Waals surface area contributed by atoms with E-state index in [-0.39, 0.29) is 6.42 Å². The molecule has 0 aliphatic rings. The van der Waals surface area contributed by atoms with Crippen LogP contribution in [0.15, 0.2) is 24.3 Å². The van der Waals surface area contributed by atoms with Crippen LogP contribution in [0.3, 0.4) is 0 Å². The van der Waals surface area contributed by atoms with Gasteiger partial charge in [-0.15, -0.1) is 0 Å². The maximum atomic E-state index is 10.6. The highest BCUT2D eigenvalue weighted by molar-refractivity contribution is 6.32. The molecular weight excluding hydrogens is 216 g/mol. The van der Waals surface area contributed by atoms with Crippen molar-refractivity contribution in [3.63, 3.8) is 0 Å². The van der Waals surface area contributed by atoms with Gasteiger partial charge in [0.05, 0.1) is 11.4 Å². The van der Waals surface area contributed by atoms with Gasteiger partial charge in [0.1, 0.15) is 11.4 Å². The van der Waals surface area contributed by atoms with Crippen molar-refractivity contribution in [3.8, 4) is 5.75 Å². The molecule has 0 aliphatic carbocycles. The summed E-state index contributed by atoms with van der Waals surface area (Å²) in [6.07, 6.45) is -0.0712. The summed E-state index contributed by atoms with van der Waals surface area (Å²) in [5, 5.41) is 9.17. The van der Waals surface area contributed by atoms with E-state index in [9.17, 15) is 4.79 Å². The number of carboxylic acid groups (broad SMARTS) is 1. The van der Waals surface area contributed by atoms with Crippen LogP contribution in [0.2, 0.25) is 5.02 Å². The third-order valence-corrected chi connectivity index (χ3v) is 2.11. The highest BCUT2D eigenvalue weighted by atomic mass is 35.5. The van der Waals surface area contributed by atoms with Gasteiger partial charge in [-0.25, -0.2) is 0 Å². The van der Waals surface area contributed by atoms with Crippen LogP contribution in [-0.2, 0) is 4.79 Å². The molecule has 3 nitrogen and oxygen atoms in total. The quantitative estimate of drug-likeness (QED) is 0.862. The lowest BCUT2D eigenvalue weighted by Gasteiger charge is -2.25. The fourth-order valence-electron chi connectivity index (χ4n) is 1.23. The molecule has 0 atom stereocenters. The lowest BCUT2D eigenvalue weighted by atomic mass is 10.1. The lowest BCUT2D eigenvalue weighted by Crippen LogP contribution is -2.31. The van der Waals surface area contributed by atoms with E-state index in [1.54, 1.807) is 38.1 Å². The van der Waals surface area contributed by atoms with Crippen molar-refractivity contribution in [1.82, 2.24) is 0 Å². The standard InChI is InChI=1S/C11H13ClO3/c1-11(2,7-10(13)14)15-9-6-4-3-5-8(9)12/h3-6H,7H2,1-2H3,(H,13,14). The van der Waals surface area contributed by atoms with Crippen LogP contribution in [0.5, 0.6) is 5.75 Å². The number of halogens is 1. The zero-order valence-electron chi connectivity index (χ0n) is 8.66. The van der Waals surface area contributed by atoms with Gasteiger partial charge >= 0.3 is 5.97 Å². The number of carboxylic acids is 1. The number of aliphatic carboxylic acids is 1. The van der Waals surface area contributed by atoms with Gasteiger partial charge in [-0.2, -0.15) is 0 Å². The largest absolute Gasteiger partial charge is 0.486 e. The van der Waals surface area contributed by atoms with Crippen LogP contribution >= 0.6 is 11.6 Å². The first-order valence-electron chi connectivity index (χ1n) is 4.56. The smallest absolute Gasteiger partial charge is 0.307 e. The average Bonchev–Trinajstić information content (AvgIpc) is 2.06. The van der Waals surface area contributed by atoms with Gasteiger partial charge in [-0.1, -0.05) is 23.7 Å². The Balaban J connectivity index is 2.77. The second kappa shape index (κ2) is 4.53. The van der Waals surface area contributed by atoms with Gasteiger partial charge < -0.3 is 9.84 Å². The predicted molar refractivity (Wildman–Crippen MR) is 58.4 cm³/mol. The first-order chi connectivity index (χ1) is 6.91. The normalized spacial score (nSPS) is 11.1. The molecule has 0 unspecified atom stereocenters. The van der Waals surface area contributed by atoms with E-state index in [0.717, 1.165) is 0 Å². The molecule has 0 saturated heterocycles. The van der Waals surface area contributed by atoms with Crippen LogP contribution in [0.25, 0.3) is 0 Å². The molecule has 0 heterocycles. The summed E-state index contributed by atoms with van der Waals surface area (Å²) < 4.78 is 5.53. The van der Waals surface area contributed by atoms with E-state index in [2.05, 4.69) is 0 Å². The molecule has 0 spiro atoms. The Bertz CT molecular complexity index is 361. The Morgan fingerprint density at radius 2 is 2.07 bits per heavy atom. The summed E-state index contributed by atoms with van der Waals surface area (Å²) in [6, 6.07) is 7.00. The minimum atomic E-state index is -0.896. The number of rotatable bonds is 4. The van der Waals surface area contributed by atoms with Gasteiger partial charge in [0.25, 0.3) is 0 Å². The molecule has 1 aromatic rings. The van der Waals surface area contributed by atoms with Gasteiger partial charge in [-0.05, 0) is 26.0 Å². The second-order valence-corrected chi connectivity index (χ2v) is 4.27. The van der Waals surface area contributed by atoms with Crippen molar-refractivity contribution in [2.75, 3.05) is 0 Å². The van der Waals surface area contributed by atoms with E-state index in [0.29, 0.717) is 10.8 Å². The Morgan fingerprint density at radius 3 is 2.60 bits per heavy atom. The van der Waals surface area contributed by atoms with Gasteiger partial charge in [0.15, 0.2) is 0 Å². The highest BCUT2D eigenvalue weighted by Gasteiger charge is 2.24. The minimum absolute atomic E-state index is 0.0712. The van der Waals surface area contributed by atoms with E-state index in [1.165, 1.54) is 0 Å². The summed E-state index contributed by atoms with van der Waals surface area (Å²) in [5.41, 5.74) is -0.767. The summed E-state index contributed by atoms with van der Waals surface area (Å²) in [5.74, 6) is -0.391. The molecule has 1 rings (SSSR count). The number of hydrogen-bond acceptors (Lipinski definition) is 2. The van der Waals surface area contributed by atoms with Crippen molar-refractivity contribution in [2.24, 2.45) is 0 Å². The Hall–Kier alpha value is -1.22.